The number of primary sulfonamides is 1. The van der Waals surface area contributed by atoms with E-state index >= 15 is 0 Å². The topological polar surface area (TPSA) is 149 Å². The highest BCUT2D eigenvalue weighted by Gasteiger charge is 2.31. The highest BCUT2D eigenvalue weighted by atomic mass is 32.2. The lowest BCUT2D eigenvalue weighted by Crippen LogP contribution is -2.41. The first-order valence-corrected chi connectivity index (χ1v) is 11.2. The van der Waals surface area contributed by atoms with Crippen LogP contribution in [0.1, 0.15) is 30.3 Å². The molecule has 1 aromatic carbocycles. The number of furan rings is 1. The largest absolute Gasteiger partial charge is 0.459 e. The minimum atomic E-state index is -3.91. The van der Waals surface area contributed by atoms with Crippen molar-refractivity contribution in [3.8, 4) is 0 Å². The number of nitrogens with two attached hydrogens (primary N) is 1. The summed E-state index contributed by atoms with van der Waals surface area (Å²) in [6, 6.07) is 8.66. The molecule has 2 heterocycles. The Morgan fingerprint density at radius 1 is 1.19 bits per heavy atom. The van der Waals surface area contributed by atoms with E-state index in [4.69, 9.17) is 14.3 Å². The summed E-state index contributed by atoms with van der Waals surface area (Å²) in [7, 11) is -3.91. The third-order valence-electron chi connectivity index (χ3n) is 4.94. The van der Waals surface area contributed by atoms with Crippen LogP contribution in [-0.4, -0.2) is 50.3 Å². The molecule has 1 unspecified atom stereocenters. The summed E-state index contributed by atoms with van der Waals surface area (Å²) < 4.78 is 33.2. The fourth-order valence-electron chi connectivity index (χ4n) is 3.19. The summed E-state index contributed by atoms with van der Waals surface area (Å²) in [5.74, 6) is -1.54. The normalized spacial score (nSPS) is 15.9. The zero-order valence-corrected chi connectivity index (χ0v) is 17.6. The highest BCUT2D eigenvalue weighted by Crippen LogP contribution is 2.21. The molecule has 0 saturated carbocycles. The van der Waals surface area contributed by atoms with E-state index in [2.05, 4.69) is 5.32 Å². The molecular formula is C20H23N3O7S. The Morgan fingerprint density at radius 2 is 1.90 bits per heavy atom. The van der Waals surface area contributed by atoms with Gasteiger partial charge in [-0.1, -0.05) is 6.07 Å². The van der Waals surface area contributed by atoms with E-state index < -0.39 is 33.9 Å². The maximum Gasteiger partial charge on any atom is 0.309 e. The zero-order valence-electron chi connectivity index (χ0n) is 16.8. The molecule has 0 radical (unpaired) electrons. The molecule has 1 atom stereocenters. The second kappa shape index (κ2) is 9.31. The van der Waals surface area contributed by atoms with Gasteiger partial charge in [0.05, 0.1) is 17.1 Å². The number of hydrogen-bond donors (Lipinski definition) is 2. The number of sulfonamides is 1. The number of esters is 1. The molecule has 166 valence electrons. The molecule has 2 amide bonds. The van der Waals surface area contributed by atoms with Gasteiger partial charge in [0.15, 0.2) is 11.9 Å². The third-order valence-corrected chi connectivity index (χ3v) is 5.85. The Balaban J connectivity index is 1.50. The number of nitrogens with zero attached hydrogens (tertiary/aromatic N) is 1. The van der Waals surface area contributed by atoms with Crippen LogP contribution in [0.3, 0.4) is 0 Å². The monoisotopic (exact) mass is 449 g/mol. The van der Waals surface area contributed by atoms with Crippen LogP contribution < -0.4 is 10.5 Å². The number of piperidine rings is 1. The lowest BCUT2D eigenvalue weighted by molar-refractivity contribution is -0.158. The number of benzene rings is 1. The van der Waals surface area contributed by atoms with Gasteiger partial charge >= 0.3 is 5.97 Å². The Labute approximate surface area is 179 Å². The summed E-state index contributed by atoms with van der Waals surface area (Å²) >= 11 is 0. The van der Waals surface area contributed by atoms with Crippen LogP contribution in [0, 0.1) is 5.92 Å². The summed E-state index contributed by atoms with van der Waals surface area (Å²) in [6.45, 7) is 2.17. The van der Waals surface area contributed by atoms with Gasteiger partial charge in [-0.2, -0.15) is 0 Å². The van der Waals surface area contributed by atoms with Gasteiger partial charge in [-0.3, -0.25) is 14.4 Å². The van der Waals surface area contributed by atoms with Gasteiger partial charge in [0, 0.05) is 18.8 Å². The molecular weight excluding hydrogens is 426 g/mol. The molecule has 0 spiro atoms. The second-order valence-corrected chi connectivity index (χ2v) is 8.75. The van der Waals surface area contributed by atoms with Gasteiger partial charge in [-0.05, 0) is 50.1 Å². The second-order valence-electron chi connectivity index (χ2n) is 7.18. The number of likely N-dealkylation sites (tertiary alicyclic amines) is 1. The smallest absolute Gasteiger partial charge is 0.309 e. The molecule has 31 heavy (non-hydrogen) atoms. The van der Waals surface area contributed by atoms with Gasteiger partial charge in [-0.25, -0.2) is 13.6 Å². The minimum absolute atomic E-state index is 0.147. The van der Waals surface area contributed by atoms with Crippen molar-refractivity contribution >= 4 is 33.5 Å². The number of anilines is 1. The van der Waals surface area contributed by atoms with Crippen LogP contribution >= 0.6 is 0 Å². The summed E-state index contributed by atoms with van der Waals surface area (Å²) in [4.78, 5) is 38.5. The van der Waals surface area contributed by atoms with Gasteiger partial charge in [0.2, 0.25) is 10.0 Å². The van der Waals surface area contributed by atoms with Crippen LogP contribution in [-0.2, 0) is 24.3 Å². The SMILES string of the molecule is CC(OC(=O)C1CCN(C(=O)c2ccco2)CC1)C(=O)Nc1cccc(S(N)(=O)=O)c1. The fraction of sp³-hybridized carbons (Fsp3) is 0.350. The van der Waals surface area contributed by atoms with E-state index in [-0.39, 0.29) is 22.3 Å². The van der Waals surface area contributed by atoms with Crippen molar-refractivity contribution in [1.82, 2.24) is 4.90 Å². The molecule has 0 bridgehead atoms. The molecule has 0 aliphatic carbocycles. The third kappa shape index (κ3) is 5.70. The molecule has 1 aromatic heterocycles. The number of amides is 2. The first kappa shape index (κ1) is 22.5. The molecule has 1 saturated heterocycles. The lowest BCUT2D eigenvalue weighted by atomic mass is 9.97. The van der Waals surface area contributed by atoms with Gasteiger partial charge in [0.25, 0.3) is 11.8 Å². The number of rotatable bonds is 6. The Bertz CT molecular complexity index is 1060. The van der Waals surface area contributed by atoms with Crippen molar-refractivity contribution < 1.29 is 32.0 Å². The summed E-state index contributed by atoms with van der Waals surface area (Å²) in [6.07, 6.45) is 1.16. The van der Waals surface area contributed by atoms with Crippen molar-refractivity contribution in [1.29, 1.82) is 0 Å². The molecule has 3 rings (SSSR count). The number of carbonyl (C=O) groups excluding carboxylic acids is 3. The van der Waals surface area contributed by atoms with Crippen LogP contribution in [0.2, 0.25) is 0 Å². The van der Waals surface area contributed by atoms with Crippen molar-refractivity contribution in [2.75, 3.05) is 18.4 Å². The minimum Gasteiger partial charge on any atom is -0.459 e. The van der Waals surface area contributed by atoms with Crippen molar-refractivity contribution in [2.24, 2.45) is 11.1 Å². The van der Waals surface area contributed by atoms with Gasteiger partial charge < -0.3 is 19.4 Å². The molecule has 2 aromatic rings. The first-order valence-electron chi connectivity index (χ1n) is 9.62. The predicted octanol–water partition coefficient (Wildman–Crippen LogP) is 1.35. The number of hydrogen-bond acceptors (Lipinski definition) is 7. The van der Waals surface area contributed by atoms with Gasteiger partial charge in [-0.15, -0.1) is 0 Å². The quantitative estimate of drug-likeness (QED) is 0.632. The Morgan fingerprint density at radius 3 is 2.52 bits per heavy atom. The molecule has 1 fully saturated rings. The van der Waals surface area contributed by atoms with Gasteiger partial charge in [0.1, 0.15) is 0 Å². The van der Waals surface area contributed by atoms with E-state index in [9.17, 15) is 22.8 Å². The van der Waals surface area contributed by atoms with E-state index in [0.29, 0.717) is 25.9 Å². The summed E-state index contributed by atoms with van der Waals surface area (Å²) in [5.41, 5.74) is 0.212. The van der Waals surface area contributed by atoms with Crippen LogP contribution in [0.15, 0.2) is 52.0 Å². The number of carbonyl (C=O) groups is 3. The average molecular weight is 449 g/mol. The number of nitrogens with one attached hydrogen (secondary N) is 1. The molecule has 10 nitrogen and oxygen atoms in total. The molecule has 1 aliphatic rings. The van der Waals surface area contributed by atoms with Crippen LogP contribution in [0.5, 0.6) is 0 Å². The van der Waals surface area contributed by atoms with Crippen LogP contribution in [0.25, 0.3) is 0 Å². The summed E-state index contributed by atoms with van der Waals surface area (Å²) in [5, 5.41) is 7.58. The van der Waals surface area contributed by atoms with Crippen LogP contribution in [0.4, 0.5) is 5.69 Å². The fourth-order valence-corrected chi connectivity index (χ4v) is 3.75. The molecule has 3 N–H and O–H groups in total. The number of ether oxygens (including phenoxy) is 1. The Hall–Kier alpha value is -3.18. The molecule has 1 aliphatic heterocycles. The zero-order chi connectivity index (χ0) is 22.6. The van der Waals surface area contributed by atoms with E-state index in [0.717, 1.165) is 0 Å². The van der Waals surface area contributed by atoms with E-state index in [1.165, 1.54) is 37.5 Å². The standard InChI is InChI=1S/C20H23N3O7S/c1-13(18(24)22-15-4-2-5-16(12-15)31(21,27)28)30-20(26)14-7-9-23(10-8-14)19(25)17-6-3-11-29-17/h2-6,11-14H,7-10H2,1H3,(H,22,24)(H2,21,27,28). The average Bonchev–Trinajstić information content (AvgIpc) is 3.27. The van der Waals surface area contributed by atoms with Crippen molar-refractivity contribution in [3.63, 3.8) is 0 Å². The predicted molar refractivity (Wildman–Crippen MR) is 109 cm³/mol. The van der Waals surface area contributed by atoms with Crippen molar-refractivity contribution in [2.45, 2.75) is 30.8 Å². The maximum atomic E-state index is 12.4. The Kier molecular flexibility index (Phi) is 6.76. The van der Waals surface area contributed by atoms with E-state index in [1.807, 2.05) is 0 Å². The first-order chi connectivity index (χ1) is 14.6. The van der Waals surface area contributed by atoms with Crippen molar-refractivity contribution in [3.05, 3.63) is 48.4 Å². The molecule has 11 heteroatoms. The lowest BCUT2D eigenvalue weighted by Gasteiger charge is -2.30. The maximum absolute atomic E-state index is 12.4. The van der Waals surface area contributed by atoms with E-state index in [1.54, 1.807) is 17.0 Å². The highest BCUT2D eigenvalue weighted by molar-refractivity contribution is 7.89.